The fourth-order valence-electron chi connectivity index (χ4n) is 14.1. The van der Waals surface area contributed by atoms with Crippen molar-refractivity contribution < 1.29 is 0 Å². The molecule has 0 spiro atoms. The van der Waals surface area contributed by atoms with Crippen molar-refractivity contribution in [2.45, 2.75) is 66.2 Å². The molecule has 0 bridgehead atoms. The van der Waals surface area contributed by atoms with Crippen LogP contribution >= 0.6 is 0 Å². The summed E-state index contributed by atoms with van der Waals surface area (Å²) >= 11 is 0. The Morgan fingerprint density at radius 2 is 0.548 bits per heavy atom. The Morgan fingerprint density at radius 3 is 0.893 bits per heavy atom. The molecule has 0 unspecified atom stereocenters. The molecular formula is C82H66N2. The summed E-state index contributed by atoms with van der Waals surface area (Å²) in [6.45, 7) is 18.1. The molecule has 13 aromatic rings. The number of aryl methyl sites for hydroxylation is 4. The van der Waals surface area contributed by atoms with Gasteiger partial charge in [-0.25, -0.2) is 0 Å². The van der Waals surface area contributed by atoms with Crippen molar-refractivity contribution in [2.75, 3.05) is 9.80 Å². The van der Waals surface area contributed by atoms with Gasteiger partial charge in [0.15, 0.2) is 0 Å². The van der Waals surface area contributed by atoms with E-state index in [9.17, 15) is 0 Å². The molecule has 404 valence electrons. The SMILES string of the molecule is Cc1ccc(N(c2ccc(C)cc2)c2ccc3c(c2)C(C)(C)c2cc(C=Cc4ccc5c6cccc7c(C=Cc8ccc9c(c8)C(C)(C)c8cc(N(c%10ccc(C)cc%10)c%10ccc(C)cc%10)ccc8-9)ccc(c8cccc4c85)c76)ccc2-3)cc1. The average Bonchev–Trinajstić information content (AvgIpc) is 1.85. The zero-order chi connectivity index (χ0) is 57.2. The summed E-state index contributed by atoms with van der Waals surface area (Å²) in [4.78, 5) is 4.78. The smallest absolute Gasteiger partial charge is 0.0465 e. The van der Waals surface area contributed by atoms with E-state index in [0.717, 1.165) is 22.7 Å². The second-order valence-electron chi connectivity index (χ2n) is 24.9. The van der Waals surface area contributed by atoms with Gasteiger partial charge in [-0.05, 0) is 210 Å². The highest BCUT2D eigenvalue weighted by molar-refractivity contribution is 6.34. The number of anilines is 6. The zero-order valence-electron chi connectivity index (χ0n) is 49.1. The van der Waals surface area contributed by atoms with Crippen LogP contribution in [0.5, 0.6) is 0 Å². The maximum absolute atomic E-state index is 2.42. The number of rotatable bonds is 10. The van der Waals surface area contributed by atoms with Crippen LogP contribution in [0.25, 0.3) is 89.6 Å². The van der Waals surface area contributed by atoms with Gasteiger partial charge in [0.05, 0.1) is 0 Å². The Hall–Kier alpha value is -9.76. The highest BCUT2D eigenvalue weighted by atomic mass is 15.1. The van der Waals surface area contributed by atoms with Gasteiger partial charge in [0, 0.05) is 45.0 Å². The molecule has 0 saturated heterocycles. The van der Waals surface area contributed by atoms with Crippen molar-refractivity contribution in [3.8, 4) is 22.3 Å². The lowest BCUT2D eigenvalue weighted by Gasteiger charge is -2.28. The summed E-state index contributed by atoms with van der Waals surface area (Å²) in [6.07, 6.45) is 9.27. The Balaban J connectivity index is 0.723. The van der Waals surface area contributed by atoms with Gasteiger partial charge in [-0.2, -0.15) is 0 Å². The fraction of sp³-hybridized carbons (Fsp3) is 0.122. The van der Waals surface area contributed by atoms with Gasteiger partial charge in [-0.1, -0.05) is 232 Å². The Bertz CT molecular complexity index is 4420. The lowest BCUT2D eigenvalue weighted by Crippen LogP contribution is -2.16. The predicted molar refractivity (Wildman–Crippen MR) is 362 cm³/mol. The second kappa shape index (κ2) is 19.4. The minimum absolute atomic E-state index is 0.187. The number of fused-ring (bicyclic) bond motifs is 8. The monoisotopic (exact) mass is 1080 g/mol. The molecule has 0 radical (unpaired) electrons. The Labute approximate surface area is 494 Å². The van der Waals surface area contributed by atoms with E-state index in [-0.39, 0.29) is 10.8 Å². The second-order valence-corrected chi connectivity index (χ2v) is 24.9. The lowest BCUT2D eigenvalue weighted by atomic mass is 9.81. The van der Waals surface area contributed by atoms with Crippen LogP contribution in [0.15, 0.2) is 231 Å². The third-order valence-corrected chi connectivity index (χ3v) is 18.7. The van der Waals surface area contributed by atoms with Crippen LogP contribution in [0.4, 0.5) is 34.1 Å². The standard InChI is InChI=1S/C82H66N2/c1-51-15-31-59(32-16-51)83(60-33-17-52(2)18-34-60)63-39-45-69-67-41-25-55(47-75(67)81(5,6)77(69)49-63)23-27-57-29-43-73-72-14-10-12-66-58(30-44-74(80(66)72)71-13-9-11-65(57)79(71)73)28-24-56-26-42-68-70-46-40-64(50-78(70)82(7,8)76(68)48-56)84(61-35-19-53(3)20-36-61)62-37-21-54(4)22-38-62/h9-50H,1-8H3. The van der Waals surface area contributed by atoms with Crippen LogP contribution in [0.3, 0.4) is 0 Å². The number of hydrogen-bond donors (Lipinski definition) is 0. The Morgan fingerprint density at radius 1 is 0.262 bits per heavy atom. The molecule has 0 heterocycles. The van der Waals surface area contributed by atoms with Crippen molar-refractivity contribution in [3.05, 3.63) is 297 Å². The van der Waals surface area contributed by atoms with Gasteiger partial charge < -0.3 is 9.80 Å². The zero-order valence-corrected chi connectivity index (χ0v) is 49.1. The van der Waals surface area contributed by atoms with Crippen molar-refractivity contribution in [3.63, 3.8) is 0 Å². The molecule has 0 N–H and O–H groups in total. The van der Waals surface area contributed by atoms with E-state index in [0.29, 0.717) is 0 Å². The summed E-state index contributed by atoms with van der Waals surface area (Å²) in [5.41, 5.74) is 27.1. The van der Waals surface area contributed by atoms with E-state index in [2.05, 4.69) is 320 Å². The van der Waals surface area contributed by atoms with Crippen LogP contribution in [-0.4, -0.2) is 0 Å². The highest BCUT2D eigenvalue weighted by Gasteiger charge is 2.38. The molecule has 2 aliphatic carbocycles. The number of hydrogen-bond acceptors (Lipinski definition) is 2. The van der Waals surface area contributed by atoms with E-state index in [1.165, 1.54) is 143 Å². The topological polar surface area (TPSA) is 6.48 Å². The first-order valence-electron chi connectivity index (χ1n) is 29.7. The average molecular weight is 1080 g/mol. The van der Waals surface area contributed by atoms with Crippen LogP contribution < -0.4 is 9.80 Å². The minimum Gasteiger partial charge on any atom is -0.310 e. The first kappa shape index (κ1) is 51.1. The third kappa shape index (κ3) is 8.29. The fourth-order valence-corrected chi connectivity index (χ4v) is 14.1. The molecule has 0 aromatic heterocycles. The van der Waals surface area contributed by atoms with Crippen LogP contribution in [-0.2, 0) is 10.8 Å². The summed E-state index contributed by atoms with van der Waals surface area (Å²) in [6, 6.07) is 86.8. The number of nitrogens with zero attached hydrogens (tertiary/aromatic N) is 2. The largest absolute Gasteiger partial charge is 0.310 e. The maximum atomic E-state index is 2.42. The van der Waals surface area contributed by atoms with Crippen molar-refractivity contribution >= 4 is 102 Å². The summed E-state index contributed by atoms with van der Waals surface area (Å²) in [5, 5.41) is 10.4. The lowest BCUT2D eigenvalue weighted by molar-refractivity contribution is 0.660. The van der Waals surface area contributed by atoms with E-state index in [1.54, 1.807) is 0 Å². The van der Waals surface area contributed by atoms with Gasteiger partial charge in [-0.3, -0.25) is 0 Å². The Kier molecular flexibility index (Phi) is 11.8. The summed E-state index contributed by atoms with van der Waals surface area (Å²) in [7, 11) is 0. The van der Waals surface area contributed by atoms with Crippen LogP contribution in [0.2, 0.25) is 0 Å². The van der Waals surface area contributed by atoms with Gasteiger partial charge >= 0.3 is 0 Å². The predicted octanol–water partition coefficient (Wildman–Crippen LogP) is 22.9. The van der Waals surface area contributed by atoms with Crippen molar-refractivity contribution in [1.82, 2.24) is 0 Å². The number of benzene rings is 13. The van der Waals surface area contributed by atoms with E-state index < -0.39 is 0 Å². The van der Waals surface area contributed by atoms with E-state index in [4.69, 9.17) is 0 Å². The third-order valence-electron chi connectivity index (χ3n) is 18.7. The molecule has 0 atom stereocenters. The normalized spacial score (nSPS) is 13.8. The molecule has 0 fully saturated rings. The van der Waals surface area contributed by atoms with Crippen LogP contribution in [0, 0.1) is 27.7 Å². The van der Waals surface area contributed by atoms with Crippen molar-refractivity contribution in [1.29, 1.82) is 0 Å². The first-order valence-corrected chi connectivity index (χ1v) is 29.7. The molecule has 2 aliphatic rings. The molecule has 0 saturated carbocycles. The molecule has 0 aliphatic heterocycles. The van der Waals surface area contributed by atoms with Gasteiger partial charge in [-0.15, -0.1) is 0 Å². The van der Waals surface area contributed by atoms with Gasteiger partial charge in [0.25, 0.3) is 0 Å². The summed E-state index contributed by atoms with van der Waals surface area (Å²) in [5.74, 6) is 0. The van der Waals surface area contributed by atoms with E-state index in [1.807, 2.05) is 0 Å². The molecule has 13 aromatic carbocycles. The molecule has 0 amide bonds. The summed E-state index contributed by atoms with van der Waals surface area (Å²) < 4.78 is 0. The van der Waals surface area contributed by atoms with E-state index >= 15 is 0 Å². The quantitative estimate of drug-likeness (QED) is 0.0765. The molecule has 2 nitrogen and oxygen atoms in total. The minimum atomic E-state index is -0.187. The molecule has 15 rings (SSSR count). The van der Waals surface area contributed by atoms with Crippen molar-refractivity contribution in [2.24, 2.45) is 0 Å². The van der Waals surface area contributed by atoms with Gasteiger partial charge in [0.1, 0.15) is 0 Å². The molecule has 84 heavy (non-hydrogen) atoms. The molecule has 2 heteroatoms. The maximum Gasteiger partial charge on any atom is 0.0465 e. The first-order chi connectivity index (χ1) is 40.8. The van der Waals surface area contributed by atoms with Gasteiger partial charge in [0.2, 0.25) is 0 Å². The van der Waals surface area contributed by atoms with Crippen LogP contribution in [0.1, 0.15) is 94.5 Å². The highest BCUT2D eigenvalue weighted by Crippen LogP contribution is 2.53. The molecular weight excluding hydrogens is 1010 g/mol.